The van der Waals surface area contributed by atoms with Gasteiger partial charge in [0.1, 0.15) is 0 Å². The molecule has 0 atom stereocenters. The second-order valence-electron chi connectivity index (χ2n) is 4.99. The van der Waals surface area contributed by atoms with E-state index in [1.54, 1.807) is 0 Å². The maximum Gasteiger partial charge on any atom is 0.154 e. The van der Waals surface area contributed by atoms with Crippen LogP contribution < -0.4 is 0 Å². The molecule has 2 aliphatic rings. The molecule has 3 heteroatoms. The maximum absolute atomic E-state index is 6.43. The van der Waals surface area contributed by atoms with Crippen LogP contribution in [0.3, 0.4) is 0 Å². The summed E-state index contributed by atoms with van der Waals surface area (Å²) in [6, 6.07) is 0.469. The molecule has 0 aromatic rings. The van der Waals surface area contributed by atoms with Gasteiger partial charge in [0.2, 0.25) is 0 Å². The summed E-state index contributed by atoms with van der Waals surface area (Å²) in [6.45, 7) is 0. The fourth-order valence-corrected chi connectivity index (χ4v) is 2.89. The van der Waals surface area contributed by atoms with Crippen molar-refractivity contribution in [3.63, 3.8) is 0 Å². The fraction of sp³-hybridized carbons (Fsp3) is 1.00. The van der Waals surface area contributed by atoms with E-state index in [2.05, 4.69) is 10.2 Å². The summed E-state index contributed by atoms with van der Waals surface area (Å²) in [5.74, 6) is 0. The van der Waals surface area contributed by atoms with Crippen LogP contribution in [-0.2, 0) is 0 Å². The Morgan fingerprint density at radius 3 is 2.13 bits per heavy atom. The van der Waals surface area contributed by atoms with Crippen LogP contribution in [0.1, 0.15) is 64.2 Å². The highest BCUT2D eigenvalue weighted by Crippen LogP contribution is 2.36. The van der Waals surface area contributed by atoms with Gasteiger partial charge in [0.05, 0.1) is 6.04 Å². The van der Waals surface area contributed by atoms with Gasteiger partial charge in [-0.05, 0) is 38.5 Å². The van der Waals surface area contributed by atoms with E-state index < -0.39 is 0 Å². The van der Waals surface area contributed by atoms with E-state index in [4.69, 9.17) is 11.6 Å². The monoisotopic (exact) mass is 228 g/mol. The molecule has 0 amide bonds. The first-order valence-corrected chi connectivity index (χ1v) is 6.77. The van der Waals surface area contributed by atoms with E-state index in [1.165, 1.54) is 51.4 Å². The van der Waals surface area contributed by atoms with E-state index in [-0.39, 0.29) is 5.00 Å². The van der Waals surface area contributed by atoms with Gasteiger partial charge in [-0.3, -0.25) is 0 Å². The highest BCUT2D eigenvalue weighted by molar-refractivity contribution is 6.23. The molecule has 0 unspecified atom stereocenters. The van der Waals surface area contributed by atoms with Crippen LogP contribution in [0, 0.1) is 0 Å². The maximum atomic E-state index is 6.43. The summed E-state index contributed by atoms with van der Waals surface area (Å²) in [4.78, 5) is -0.338. The van der Waals surface area contributed by atoms with Crippen LogP contribution in [-0.4, -0.2) is 11.0 Å². The summed E-state index contributed by atoms with van der Waals surface area (Å²) in [6.07, 6.45) is 12.2. The summed E-state index contributed by atoms with van der Waals surface area (Å²) < 4.78 is 0. The Balaban J connectivity index is 1.85. The molecule has 2 saturated carbocycles. The first kappa shape index (κ1) is 11.4. The van der Waals surface area contributed by atoms with E-state index in [0.717, 1.165) is 12.8 Å². The third-order valence-corrected chi connectivity index (χ3v) is 4.05. The quantitative estimate of drug-likeness (QED) is 0.373. The van der Waals surface area contributed by atoms with Gasteiger partial charge in [-0.2, -0.15) is 10.2 Å². The molecule has 2 nitrogen and oxygen atoms in total. The van der Waals surface area contributed by atoms with Gasteiger partial charge >= 0.3 is 0 Å². The van der Waals surface area contributed by atoms with Crippen LogP contribution in [0.2, 0.25) is 0 Å². The highest BCUT2D eigenvalue weighted by atomic mass is 35.5. The first-order valence-electron chi connectivity index (χ1n) is 6.39. The van der Waals surface area contributed by atoms with Crippen molar-refractivity contribution in [3.05, 3.63) is 0 Å². The van der Waals surface area contributed by atoms with Gasteiger partial charge in [0, 0.05) is 0 Å². The fourth-order valence-electron chi connectivity index (χ4n) is 2.58. The van der Waals surface area contributed by atoms with Crippen molar-refractivity contribution < 1.29 is 0 Å². The molecule has 0 saturated heterocycles. The zero-order chi connectivity index (χ0) is 10.6. The Hall–Kier alpha value is -0.110. The minimum absolute atomic E-state index is 0.338. The van der Waals surface area contributed by atoms with Crippen LogP contribution in [0.15, 0.2) is 10.2 Å². The molecule has 0 aliphatic heterocycles. The number of rotatable bonds is 2. The molecule has 15 heavy (non-hydrogen) atoms. The van der Waals surface area contributed by atoms with Crippen molar-refractivity contribution in [2.24, 2.45) is 10.2 Å². The summed E-state index contributed by atoms with van der Waals surface area (Å²) >= 11 is 6.43. The predicted molar refractivity (Wildman–Crippen MR) is 63.4 cm³/mol. The predicted octanol–water partition coefficient (Wildman–Crippen LogP) is 4.67. The Bertz CT molecular complexity index is 216. The summed E-state index contributed by atoms with van der Waals surface area (Å²) in [5, 5.41) is 8.90. The molecule has 0 aromatic heterocycles. The SMILES string of the molecule is ClC1(N=NC2CCCCC2)CCCCC1. The lowest BCUT2D eigenvalue weighted by Crippen LogP contribution is -2.22. The summed E-state index contributed by atoms with van der Waals surface area (Å²) in [7, 11) is 0. The van der Waals surface area contributed by atoms with Crippen molar-refractivity contribution in [1.82, 2.24) is 0 Å². The standard InChI is InChI=1S/C12H21ClN2/c13-12(9-5-2-6-10-12)15-14-11-7-3-1-4-8-11/h11H,1-10H2. The van der Waals surface area contributed by atoms with Crippen molar-refractivity contribution in [3.8, 4) is 0 Å². The molecule has 86 valence electrons. The minimum Gasteiger partial charge on any atom is -0.189 e. The van der Waals surface area contributed by atoms with Gasteiger partial charge in [-0.1, -0.05) is 37.3 Å². The van der Waals surface area contributed by atoms with E-state index in [9.17, 15) is 0 Å². The number of hydrogen-bond donors (Lipinski definition) is 0. The van der Waals surface area contributed by atoms with E-state index >= 15 is 0 Å². The van der Waals surface area contributed by atoms with Gasteiger partial charge in [-0.15, -0.1) is 0 Å². The van der Waals surface area contributed by atoms with Crippen LogP contribution in [0.25, 0.3) is 0 Å². The molecule has 0 radical (unpaired) electrons. The smallest absolute Gasteiger partial charge is 0.154 e. The van der Waals surface area contributed by atoms with Gasteiger partial charge < -0.3 is 0 Å². The van der Waals surface area contributed by atoms with Crippen molar-refractivity contribution >= 4 is 11.6 Å². The Morgan fingerprint density at radius 1 is 0.867 bits per heavy atom. The Morgan fingerprint density at radius 2 is 1.47 bits per heavy atom. The third kappa shape index (κ3) is 3.44. The molecule has 2 rings (SSSR count). The highest BCUT2D eigenvalue weighted by Gasteiger charge is 2.29. The molecule has 0 N–H and O–H groups in total. The van der Waals surface area contributed by atoms with Gasteiger partial charge in [-0.25, -0.2) is 0 Å². The summed E-state index contributed by atoms with van der Waals surface area (Å²) in [5.41, 5.74) is 0. The zero-order valence-electron chi connectivity index (χ0n) is 9.42. The Labute approximate surface area is 97.5 Å². The van der Waals surface area contributed by atoms with Gasteiger partial charge in [0.15, 0.2) is 5.00 Å². The zero-order valence-corrected chi connectivity index (χ0v) is 10.2. The lowest BCUT2D eigenvalue weighted by Gasteiger charge is -2.26. The normalized spacial score (nSPS) is 28.3. The number of alkyl halides is 1. The third-order valence-electron chi connectivity index (χ3n) is 3.59. The lowest BCUT2D eigenvalue weighted by molar-refractivity contribution is 0.363. The lowest BCUT2D eigenvalue weighted by atomic mass is 9.95. The van der Waals surface area contributed by atoms with E-state index in [0.29, 0.717) is 6.04 Å². The molecule has 2 fully saturated rings. The second-order valence-corrected chi connectivity index (χ2v) is 5.69. The largest absolute Gasteiger partial charge is 0.189 e. The number of hydrogen-bond acceptors (Lipinski definition) is 2. The molecule has 0 aromatic carbocycles. The number of nitrogens with zero attached hydrogens (tertiary/aromatic N) is 2. The molecule has 0 heterocycles. The molecular weight excluding hydrogens is 208 g/mol. The van der Waals surface area contributed by atoms with Crippen molar-refractivity contribution in [1.29, 1.82) is 0 Å². The molecule has 0 bridgehead atoms. The first-order chi connectivity index (χ1) is 7.29. The van der Waals surface area contributed by atoms with Crippen LogP contribution >= 0.6 is 11.6 Å². The Kier molecular flexibility index (Phi) is 4.01. The van der Waals surface area contributed by atoms with Crippen LogP contribution in [0.5, 0.6) is 0 Å². The van der Waals surface area contributed by atoms with Crippen molar-refractivity contribution in [2.45, 2.75) is 75.2 Å². The minimum atomic E-state index is -0.338. The molecule has 2 aliphatic carbocycles. The molecular formula is C12H21ClN2. The van der Waals surface area contributed by atoms with Crippen molar-refractivity contribution in [2.75, 3.05) is 0 Å². The average molecular weight is 229 g/mol. The number of azo groups is 1. The average Bonchev–Trinajstić information content (AvgIpc) is 2.29. The molecule has 0 spiro atoms. The van der Waals surface area contributed by atoms with Gasteiger partial charge in [0.25, 0.3) is 0 Å². The van der Waals surface area contributed by atoms with Crippen LogP contribution in [0.4, 0.5) is 0 Å². The second kappa shape index (κ2) is 5.29. The topological polar surface area (TPSA) is 24.7 Å². The number of halogens is 1. The van der Waals surface area contributed by atoms with E-state index in [1.807, 2.05) is 0 Å².